The van der Waals surface area contributed by atoms with Gasteiger partial charge in [-0.1, -0.05) is 175 Å². The van der Waals surface area contributed by atoms with Gasteiger partial charge in [-0.25, -0.2) is 9.78 Å². The average molecular weight is 1350 g/mol. The summed E-state index contributed by atoms with van der Waals surface area (Å²) in [5.74, 6) is -3.61. The van der Waals surface area contributed by atoms with Crippen molar-refractivity contribution in [2.45, 2.75) is 197 Å². The Bertz CT molecular complexity index is 3720. The number of nitrogens with one attached hydrogen (secondary N) is 3. The summed E-state index contributed by atoms with van der Waals surface area (Å²) in [6.45, 7) is 29.6. The summed E-state index contributed by atoms with van der Waals surface area (Å²) in [6, 6.07) is 29.4. The molecule has 0 spiro atoms. The largest absolute Gasteiger partial charge is 0.484 e. The van der Waals surface area contributed by atoms with E-state index in [9.17, 15) is 39.4 Å². The lowest BCUT2D eigenvalue weighted by molar-refractivity contribution is -0.237. The van der Waals surface area contributed by atoms with Crippen LogP contribution in [0.5, 0.6) is 5.75 Å². The predicted octanol–water partition coefficient (Wildman–Crippen LogP) is 7.88. The molecule has 492 valence electrons. The Morgan fingerprint density at radius 3 is 1.78 bits per heavy atom. The first-order valence-electron chi connectivity index (χ1n) is 29.9. The van der Waals surface area contributed by atoms with Crippen molar-refractivity contribution >= 4 is 84.9 Å². The molecule has 2 saturated heterocycles. The number of aliphatic hydroxyl groups is 3. The molecular weight excluding hydrogens is 1260 g/mol. The van der Waals surface area contributed by atoms with E-state index in [0.29, 0.717) is 5.75 Å². The maximum absolute atomic E-state index is 14.1. The van der Waals surface area contributed by atoms with Crippen LogP contribution in [0.25, 0.3) is 11.2 Å². The molecule has 2 aliphatic heterocycles. The zero-order chi connectivity index (χ0) is 66.8. The molecule has 0 bridgehead atoms. The standard InChI is InChI=1S/C61H90N7O16PSSi4/c1-56(2,3)87(13,14)61(75)48(83-89(17,18)58(7,8)9)46(80-53(61)67-35-34-43(69)64-55(67)73)51(72)81-85(76,86)84-60(74)47(82-88(15,16)57(4,5)6)42(36-78-90(59(10,11)12,40-30-24-20-25-31-40)41-32-26-21-27-33-41)79-52(60)68-38-62-45-49(68)65-54(66-50(45)71)63-44(70)37-77-39-28-22-19-23-29-39/h19-35,38,42,46-48,51-53,72,74-75H,36-37H2,1-18H3,(H,76,86)(H,64,69,73)(H2,63,65,66,70,71)/t42-,46+,47-,48-,51?,52-,53-,60+,61+,85?/m1/s1. The van der Waals surface area contributed by atoms with Crippen molar-refractivity contribution < 1.29 is 61.5 Å². The number of carbonyl (C=O) groups excluding carboxylic acids is 1. The number of aromatic amines is 2. The maximum atomic E-state index is 14.1. The molecule has 1 amide bonds. The summed E-state index contributed by atoms with van der Waals surface area (Å²) in [5.41, 5.74) is -2.94. The molecule has 23 nitrogen and oxygen atoms in total. The Balaban J connectivity index is 1.29. The van der Waals surface area contributed by atoms with Crippen LogP contribution in [-0.4, -0.2) is 143 Å². The number of ether oxygens (including phenoxy) is 3. The summed E-state index contributed by atoms with van der Waals surface area (Å²) in [4.78, 5) is 80.6. The van der Waals surface area contributed by atoms with Gasteiger partial charge in [0.1, 0.15) is 35.4 Å². The highest BCUT2D eigenvalue weighted by atomic mass is 32.5. The minimum absolute atomic E-state index is 0.240. The summed E-state index contributed by atoms with van der Waals surface area (Å²) in [5, 5.41) is 40.7. The van der Waals surface area contributed by atoms with Gasteiger partial charge in [0, 0.05) is 12.3 Å². The molecular formula is C61H90N7O16PSSi4. The lowest BCUT2D eigenvalue weighted by Crippen LogP contribution is -2.70. The fraction of sp³-hybridized carbons (Fsp3) is 0.541. The van der Waals surface area contributed by atoms with Crippen LogP contribution in [0.4, 0.5) is 5.95 Å². The number of anilines is 1. The van der Waals surface area contributed by atoms with Crippen molar-refractivity contribution in [3.63, 3.8) is 0 Å². The number of imidazole rings is 1. The molecule has 8 rings (SSSR count). The summed E-state index contributed by atoms with van der Waals surface area (Å²) in [6.07, 6.45) is -9.84. The number of hydrogen-bond donors (Lipinski definition) is 7. The Morgan fingerprint density at radius 1 is 0.733 bits per heavy atom. The fourth-order valence-electron chi connectivity index (χ4n) is 11.0. The van der Waals surface area contributed by atoms with E-state index < -0.39 is 143 Å². The normalized spacial score (nSPS) is 24.2. The molecule has 0 saturated carbocycles. The molecule has 3 aromatic carbocycles. The highest BCUT2D eigenvalue weighted by molar-refractivity contribution is 8.07. The van der Waals surface area contributed by atoms with E-state index in [2.05, 4.69) is 46.0 Å². The highest BCUT2D eigenvalue weighted by Crippen LogP contribution is 2.60. The summed E-state index contributed by atoms with van der Waals surface area (Å²) < 4.78 is 56.4. The number of H-pyrrole nitrogens is 2. The van der Waals surface area contributed by atoms with Crippen LogP contribution in [0.1, 0.15) is 95.5 Å². The molecule has 29 heteroatoms. The van der Waals surface area contributed by atoms with E-state index in [1.54, 1.807) is 30.3 Å². The minimum atomic E-state index is -5.21. The first-order chi connectivity index (χ1) is 41.4. The first-order valence-corrected chi connectivity index (χ1v) is 43.3. The van der Waals surface area contributed by atoms with Gasteiger partial charge in [-0.2, -0.15) is 4.98 Å². The molecule has 6 aromatic rings. The Labute approximate surface area is 534 Å². The first kappa shape index (κ1) is 70.9. The van der Waals surface area contributed by atoms with E-state index in [0.717, 1.165) is 27.3 Å². The molecule has 2 unspecified atom stereocenters. The van der Waals surface area contributed by atoms with Gasteiger partial charge in [0.15, 0.2) is 53.2 Å². The number of carbonyl (C=O) groups is 1. The monoisotopic (exact) mass is 1350 g/mol. The third-order valence-corrected chi connectivity index (χ3v) is 40.6. The third kappa shape index (κ3) is 13.7. The van der Waals surface area contributed by atoms with Gasteiger partial charge in [0.25, 0.3) is 25.3 Å². The van der Waals surface area contributed by atoms with Crippen molar-refractivity contribution in [3.8, 4) is 5.75 Å². The van der Waals surface area contributed by atoms with Crippen LogP contribution in [0.15, 0.2) is 124 Å². The zero-order valence-electron chi connectivity index (χ0n) is 54.7. The van der Waals surface area contributed by atoms with E-state index in [4.69, 9.17) is 48.3 Å². The zero-order valence-corrected chi connectivity index (χ0v) is 60.4. The SMILES string of the molecule is CC(C)(C)[Si](C)(C)O[C@@H]1[C@@H](CO[Si](c2ccccc2)(c2ccccc2)C(C)(C)C)O[C@@H](n2cnc3c(=O)[nH]c(NC(=O)COc4ccccc4)nc32)[C@@]1(O)OP(O)(=S)OC(O)[C@H]1O[C@@H](n2ccc(=O)[nH]c2=O)[C@@](O)([Si](C)(C)C(C)(C)C)[C@@H]1O[Si](C)(C)C(C)(C)C. The van der Waals surface area contributed by atoms with Crippen molar-refractivity contribution in [1.29, 1.82) is 0 Å². The van der Waals surface area contributed by atoms with E-state index in [-0.39, 0.29) is 23.7 Å². The van der Waals surface area contributed by atoms with Gasteiger partial charge in [-0.15, -0.1) is 0 Å². The second-order valence-electron chi connectivity index (χ2n) is 29.0. The molecule has 2 fully saturated rings. The van der Waals surface area contributed by atoms with Crippen LogP contribution >= 0.6 is 6.72 Å². The quantitative estimate of drug-likeness (QED) is 0.0205. The van der Waals surface area contributed by atoms with Gasteiger partial charge >= 0.3 is 12.4 Å². The van der Waals surface area contributed by atoms with Gasteiger partial charge in [-0.05, 0) is 80.7 Å². The number of aliphatic hydroxyl groups excluding tert-OH is 1. The van der Waals surface area contributed by atoms with Gasteiger partial charge in [0.05, 0.1) is 21.0 Å². The van der Waals surface area contributed by atoms with Crippen LogP contribution in [0, 0.1) is 0 Å². The molecule has 7 N–H and O–H groups in total. The van der Waals surface area contributed by atoms with Gasteiger partial charge in [-0.3, -0.25) is 47.9 Å². The molecule has 10 atom stereocenters. The van der Waals surface area contributed by atoms with Gasteiger partial charge in [0.2, 0.25) is 11.7 Å². The predicted molar refractivity (Wildman–Crippen MR) is 357 cm³/mol. The Kier molecular flexibility index (Phi) is 20.0. The molecule has 0 aliphatic carbocycles. The van der Waals surface area contributed by atoms with E-state index in [1.165, 1.54) is 10.8 Å². The topological polar surface area (TPSA) is 302 Å². The highest BCUT2D eigenvalue weighted by Gasteiger charge is 2.71. The van der Waals surface area contributed by atoms with Crippen LogP contribution < -0.4 is 37.2 Å². The number of amides is 1. The van der Waals surface area contributed by atoms with E-state index in [1.807, 2.05) is 162 Å². The number of benzene rings is 3. The number of hydrogen-bond acceptors (Lipinski definition) is 18. The van der Waals surface area contributed by atoms with Crippen molar-refractivity contribution in [2.75, 3.05) is 18.5 Å². The van der Waals surface area contributed by atoms with Crippen LogP contribution in [-0.2, 0) is 48.4 Å². The molecule has 5 heterocycles. The Hall–Kier alpha value is -4.96. The summed E-state index contributed by atoms with van der Waals surface area (Å²) >= 11 is 5.94. The smallest absolute Gasteiger partial charge is 0.330 e. The lowest BCUT2D eigenvalue weighted by atomic mass is 10.1. The molecule has 2 aliphatic rings. The van der Waals surface area contributed by atoms with Crippen LogP contribution in [0.2, 0.25) is 59.4 Å². The van der Waals surface area contributed by atoms with Crippen molar-refractivity contribution in [3.05, 3.63) is 141 Å². The molecule has 3 aromatic heterocycles. The van der Waals surface area contributed by atoms with Crippen LogP contribution in [0.3, 0.4) is 0 Å². The number of nitrogens with zero attached hydrogens (tertiary/aromatic N) is 4. The summed E-state index contributed by atoms with van der Waals surface area (Å²) in [7, 11) is -13.0. The van der Waals surface area contributed by atoms with Crippen molar-refractivity contribution in [2.24, 2.45) is 0 Å². The molecule has 0 radical (unpaired) electrons. The maximum Gasteiger partial charge on any atom is 0.330 e. The Morgan fingerprint density at radius 2 is 1.27 bits per heavy atom. The molecule has 90 heavy (non-hydrogen) atoms. The average Bonchev–Trinajstić information content (AvgIpc) is 1.49. The van der Waals surface area contributed by atoms with E-state index >= 15 is 0 Å². The number of aromatic nitrogens is 6. The number of rotatable bonds is 21. The minimum Gasteiger partial charge on any atom is -0.484 e. The second-order valence-corrected chi connectivity index (χ2v) is 51.0. The second kappa shape index (κ2) is 25.4. The fourth-order valence-corrected chi connectivity index (χ4v) is 22.9. The van der Waals surface area contributed by atoms with Crippen molar-refractivity contribution in [1.82, 2.24) is 29.1 Å². The lowest BCUT2D eigenvalue weighted by Gasteiger charge is -2.53. The third-order valence-electron chi connectivity index (χ3n) is 19.0. The van der Waals surface area contributed by atoms with Gasteiger partial charge < -0.3 is 47.7 Å². The number of fused-ring (bicyclic) bond motifs is 1. The number of para-hydroxylation sites is 1.